The Morgan fingerprint density at radius 2 is 1.90 bits per heavy atom. The number of carbonyl (C=O) groups excluding carboxylic acids is 2. The number of anilines is 1. The lowest BCUT2D eigenvalue weighted by atomic mass is 9.86. The Kier molecular flexibility index (Phi) is 7.61. The zero-order chi connectivity index (χ0) is 20.8. The van der Waals surface area contributed by atoms with Crippen LogP contribution in [-0.4, -0.2) is 56.6 Å². The third-order valence-corrected chi connectivity index (χ3v) is 6.56. The van der Waals surface area contributed by atoms with Gasteiger partial charge in [-0.1, -0.05) is 25.8 Å². The first kappa shape index (κ1) is 21.7. The van der Waals surface area contributed by atoms with E-state index in [1.807, 2.05) is 6.92 Å². The normalized spacial score (nSPS) is 28.4. The van der Waals surface area contributed by atoms with E-state index in [9.17, 15) is 14.0 Å². The predicted octanol–water partition coefficient (Wildman–Crippen LogP) is -0.369. The van der Waals surface area contributed by atoms with Crippen molar-refractivity contribution >= 4 is 17.5 Å². The Morgan fingerprint density at radius 3 is 2.59 bits per heavy atom. The molecular formula is C22H35FN4O2+2. The molecule has 1 aliphatic carbocycles. The van der Waals surface area contributed by atoms with E-state index in [1.165, 1.54) is 41.2 Å². The predicted molar refractivity (Wildman–Crippen MR) is 110 cm³/mol. The van der Waals surface area contributed by atoms with Gasteiger partial charge in [-0.2, -0.15) is 0 Å². The molecule has 2 aliphatic rings. The molecule has 3 rings (SSSR count). The molecule has 7 heteroatoms. The maximum atomic E-state index is 13.2. The van der Waals surface area contributed by atoms with Gasteiger partial charge in [0, 0.05) is 11.7 Å². The number of halogens is 1. The van der Waals surface area contributed by atoms with Gasteiger partial charge in [-0.25, -0.2) is 4.39 Å². The lowest BCUT2D eigenvalue weighted by Gasteiger charge is -2.34. The summed E-state index contributed by atoms with van der Waals surface area (Å²) in [5.41, 5.74) is 0.487. The molecule has 1 saturated heterocycles. The standard InChI is InChI=1S/C22H33FN4O2/c1-16-6-3-4-9-20(16)25-22(29)17(2)27-12-10-26(11-13-27)15-21(28)24-19-8-5-7-18(23)14-19/h5,7-8,14,16-17,20H,3-4,6,9-13,15H2,1-2H3,(H,24,28)(H,25,29)/p+2/t16-,17-,20+/m1/s1. The van der Waals surface area contributed by atoms with Crippen molar-refractivity contribution in [3.05, 3.63) is 30.1 Å². The first-order valence-corrected chi connectivity index (χ1v) is 11.0. The molecular weight excluding hydrogens is 371 g/mol. The summed E-state index contributed by atoms with van der Waals surface area (Å²) < 4.78 is 13.2. The van der Waals surface area contributed by atoms with Crippen LogP contribution in [0, 0.1) is 11.7 Å². The highest BCUT2D eigenvalue weighted by Crippen LogP contribution is 2.23. The average molecular weight is 407 g/mol. The van der Waals surface area contributed by atoms with Crippen LogP contribution in [0.15, 0.2) is 24.3 Å². The summed E-state index contributed by atoms with van der Waals surface area (Å²) in [6.45, 7) is 8.06. The number of rotatable bonds is 6. The first-order valence-electron chi connectivity index (χ1n) is 11.0. The zero-order valence-electron chi connectivity index (χ0n) is 17.6. The van der Waals surface area contributed by atoms with Gasteiger partial charge in [0.25, 0.3) is 11.8 Å². The number of piperazine rings is 1. The number of carbonyl (C=O) groups is 2. The van der Waals surface area contributed by atoms with Crippen molar-refractivity contribution in [1.29, 1.82) is 0 Å². The summed E-state index contributed by atoms with van der Waals surface area (Å²) in [6, 6.07) is 6.20. The molecule has 1 saturated carbocycles. The van der Waals surface area contributed by atoms with Crippen molar-refractivity contribution in [3.63, 3.8) is 0 Å². The van der Waals surface area contributed by atoms with E-state index in [0.29, 0.717) is 24.2 Å². The maximum absolute atomic E-state index is 13.2. The monoisotopic (exact) mass is 406 g/mol. The van der Waals surface area contributed by atoms with E-state index in [-0.39, 0.29) is 23.7 Å². The van der Waals surface area contributed by atoms with Crippen molar-refractivity contribution in [1.82, 2.24) is 5.32 Å². The number of hydrogen-bond acceptors (Lipinski definition) is 2. The summed E-state index contributed by atoms with van der Waals surface area (Å²) in [5, 5.41) is 6.04. The van der Waals surface area contributed by atoms with Gasteiger partial charge in [0.2, 0.25) is 0 Å². The van der Waals surface area contributed by atoms with Crippen LogP contribution in [0.25, 0.3) is 0 Å². The molecule has 6 nitrogen and oxygen atoms in total. The fourth-order valence-corrected chi connectivity index (χ4v) is 4.56. The quantitative estimate of drug-likeness (QED) is 0.521. The molecule has 0 unspecified atom stereocenters. The van der Waals surface area contributed by atoms with E-state index in [4.69, 9.17) is 0 Å². The molecule has 160 valence electrons. The number of benzene rings is 1. The second-order valence-corrected chi connectivity index (χ2v) is 8.74. The second kappa shape index (κ2) is 10.2. The Morgan fingerprint density at radius 1 is 1.17 bits per heavy atom. The summed E-state index contributed by atoms with van der Waals surface area (Å²) in [7, 11) is 0. The highest BCUT2D eigenvalue weighted by molar-refractivity contribution is 5.91. The number of nitrogens with one attached hydrogen (secondary N) is 4. The van der Waals surface area contributed by atoms with E-state index in [0.717, 1.165) is 32.6 Å². The average Bonchev–Trinajstić information content (AvgIpc) is 2.69. The molecule has 1 aliphatic heterocycles. The summed E-state index contributed by atoms with van der Waals surface area (Å²) in [5.74, 6) is 0.257. The van der Waals surface area contributed by atoms with Crippen LogP contribution in [0.3, 0.4) is 0 Å². The van der Waals surface area contributed by atoms with Crippen LogP contribution >= 0.6 is 0 Å². The van der Waals surface area contributed by atoms with Gasteiger partial charge in [-0.05, 0) is 43.9 Å². The number of hydrogen-bond donors (Lipinski definition) is 4. The van der Waals surface area contributed by atoms with Gasteiger partial charge in [0.15, 0.2) is 12.6 Å². The Labute approximate surface area is 172 Å². The number of amides is 2. The van der Waals surface area contributed by atoms with Gasteiger partial charge in [-0.15, -0.1) is 0 Å². The molecule has 2 fully saturated rings. The third kappa shape index (κ3) is 6.24. The third-order valence-electron chi connectivity index (χ3n) is 6.56. The minimum Gasteiger partial charge on any atom is -0.348 e. The number of quaternary nitrogens is 2. The molecule has 1 aromatic carbocycles. The summed E-state index contributed by atoms with van der Waals surface area (Å²) in [4.78, 5) is 27.5. The molecule has 3 atom stereocenters. The Hall–Kier alpha value is -1.99. The van der Waals surface area contributed by atoms with E-state index in [2.05, 4.69) is 17.6 Å². The van der Waals surface area contributed by atoms with Crippen LogP contribution in [0.1, 0.15) is 39.5 Å². The van der Waals surface area contributed by atoms with E-state index in [1.54, 1.807) is 12.1 Å². The van der Waals surface area contributed by atoms with Crippen molar-refractivity contribution in [3.8, 4) is 0 Å². The first-order chi connectivity index (χ1) is 13.9. The van der Waals surface area contributed by atoms with Crippen LogP contribution in [-0.2, 0) is 9.59 Å². The van der Waals surface area contributed by atoms with Crippen LogP contribution in [0.2, 0.25) is 0 Å². The van der Waals surface area contributed by atoms with Crippen molar-refractivity contribution in [2.75, 3.05) is 38.0 Å². The van der Waals surface area contributed by atoms with E-state index < -0.39 is 0 Å². The van der Waals surface area contributed by atoms with Crippen molar-refractivity contribution < 1.29 is 23.8 Å². The molecule has 0 aromatic heterocycles. The highest BCUT2D eigenvalue weighted by atomic mass is 19.1. The van der Waals surface area contributed by atoms with Crippen molar-refractivity contribution in [2.24, 2.45) is 5.92 Å². The Bertz CT molecular complexity index is 706. The highest BCUT2D eigenvalue weighted by Gasteiger charge is 2.33. The van der Waals surface area contributed by atoms with Crippen LogP contribution in [0.5, 0.6) is 0 Å². The summed E-state index contributed by atoms with van der Waals surface area (Å²) in [6.07, 6.45) is 4.77. The second-order valence-electron chi connectivity index (χ2n) is 8.74. The maximum Gasteiger partial charge on any atom is 0.279 e. The molecule has 1 heterocycles. The summed E-state index contributed by atoms with van der Waals surface area (Å²) >= 11 is 0. The topological polar surface area (TPSA) is 67.1 Å². The fraction of sp³-hybridized carbons (Fsp3) is 0.636. The van der Waals surface area contributed by atoms with Gasteiger partial charge in [-0.3, -0.25) is 9.59 Å². The Balaban J connectivity index is 1.41. The van der Waals surface area contributed by atoms with Gasteiger partial charge in [0.05, 0.1) is 0 Å². The van der Waals surface area contributed by atoms with Gasteiger partial charge >= 0.3 is 0 Å². The van der Waals surface area contributed by atoms with Crippen LogP contribution in [0.4, 0.5) is 10.1 Å². The van der Waals surface area contributed by atoms with Crippen LogP contribution < -0.4 is 20.4 Å². The van der Waals surface area contributed by atoms with Gasteiger partial charge in [0.1, 0.15) is 32.0 Å². The van der Waals surface area contributed by atoms with Gasteiger partial charge < -0.3 is 20.4 Å². The fourth-order valence-electron chi connectivity index (χ4n) is 4.56. The lowest BCUT2D eigenvalue weighted by Crippen LogP contribution is -3.30. The van der Waals surface area contributed by atoms with Crippen molar-refractivity contribution in [2.45, 2.75) is 51.6 Å². The molecule has 2 amide bonds. The minimum atomic E-state index is -0.359. The molecule has 0 radical (unpaired) electrons. The SMILES string of the molecule is C[C@@H]1CCCC[C@@H]1NC(=O)[C@@H](C)[NH+]1CC[NH+](CC(=O)Nc2cccc(F)c2)CC1. The molecule has 0 bridgehead atoms. The zero-order valence-corrected chi connectivity index (χ0v) is 17.6. The molecule has 1 aromatic rings. The minimum absolute atomic E-state index is 0.0632. The lowest BCUT2D eigenvalue weighted by molar-refractivity contribution is -1.01. The molecule has 0 spiro atoms. The molecule has 4 N–H and O–H groups in total. The van der Waals surface area contributed by atoms with E-state index >= 15 is 0 Å². The molecule has 29 heavy (non-hydrogen) atoms. The smallest absolute Gasteiger partial charge is 0.279 e. The largest absolute Gasteiger partial charge is 0.348 e.